The Morgan fingerprint density at radius 3 is 3.00 bits per heavy atom. The van der Waals surface area contributed by atoms with Crippen LogP contribution >= 0.6 is 0 Å². The second-order valence-corrected chi connectivity index (χ2v) is 4.02. The molecule has 1 amide bonds. The summed E-state index contributed by atoms with van der Waals surface area (Å²) in [5, 5.41) is 9.81. The van der Waals surface area contributed by atoms with Crippen molar-refractivity contribution in [1.82, 2.24) is 20.4 Å². The second kappa shape index (κ2) is 6.27. The van der Waals surface area contributed by atoms with E-state index < -0.39 is 0 Å². The van der Waals surface area contributed by atoms with Crippen molar-refractivity contribution < 1.29 is 4.79 Å². The first kappa shape index (κ1) is 12.7. The van der Waals surface area contributed by atoms with Gasteiger partial charge >= 0.3 is 0 Å². The Kier molecular flexibility index (Phi) is 4.98. The molecule has 5 nitrogen and oxygen atoms in total. The van der Waals surface area contributed by atoms with E-state index in [9.17, 15) is 4.79 Å². The van der Waals surface area contributed by atoms with Gasteiger partial charge in [-0.3, -0.25) is 9.89 Å². The maximum absolute atomic E-state index is 11.8. The highest BCUT2D eigenvalue weighted by atomic mass is 16.2. The van der Waals surface area contributed by atoms with Crippen molar-refractivity contribution in [2.24, 2.45) is 0 Å². The van der Waals surface area contributed by atoms with E-state index in [-0.39, 0.29) is 11.9 Å². The number of H-pyrrole nitrogens is 1. The lowest BCUT2D eigenvalue weighted by molar-refractivity contribution is -0.130. The van der Waals surface area contributed by atoms with Gasteiger partial charge < -0.3 is 10.2 Å². The molecular weight excluding hydrogens is 204 g/mol. The van der Waals surface area contributed by atoms with Gasteiger partial charge in [-0.25, -0.2) is 0 Å². The van der Waals surface area contributed by atoms with Crippen LogP contribution in [0, 0.1) is 0 Å². The molecule has 0 fully saturated rings. The van der Waals surface area contributed by atoms with E-state index in [0.29, 0.717) is 13.0 Å². The molecule has 0 radical (unpaired) electrons. The lowest BCUT2D eigenvalue weighted by Crippen LogP contribution is -2.34. The molecule has 0 bridgehead atoms. The maximum atomic E-state index is 11.8. The van der Waals surface area contributed by atoms with Gasteiger partial charge in [0.05, 0.1) is 6.20 Å². The standard InChI is InChI=1S/C11H20N4O/c1-4-12-9(2)5-11(16)15(3)8-10-6-13-14-7-10/h6-7,9,12H,4-5,8H2,1-3H3,(H,13,14). The normalized spacial score (nSPS) is 12.4. The lowest BCUT2D eigenvalue weighted by Gasteiger charge is -2.19. The van der Waals surface area contributed by atoms with Gasteiger partial charge in [-0.05, 0) is 13.5 Å². The largest absolute Gasteiger partial charge is 0.341 e. The Bertz CT molecular complexity index is 310. The van der Waals surface area contributed by atoms with Crippen LogP contribution in [0.2, 0.25) is 0 Å². The minimum atomic E-state index is 0.148. The molecule has 2 N–H and O–H groups in total. The Balaban J connectivity index is 2.36. The van der Waals surface area contributed by atoms with Crippen LogP contribution in [-0.2, 0) is 11.3 Å². The van der Waals surface area contributed by atoms with Crippen LogP contribution in [0.3, 0.4) is 0 Å². The Labute approximate surface area is 96.2 Å². The number of carbonyl (C=O) groups excluding carboxylic acids is 1. The summed E-state index contributed by atoms with van der Waals surface area (Å²) in [6.45, 7) is 5.55. The summed E-state index contributed by atoms with van der Waals surface area (Å²) in [6, 6.07) is 0.226. The van der Waals surface area contributed by atoms with Crippen LogP contribution in [0.25, 0.3) is 0 Å². The third kappa shape index (κ3) is 4.02. The first-order valence-electron chi connectivity index (χ1n) is 5.58. The van der Waals surface area contributed by atoms with Crippen LogP contribution in [0.5, 0.6) is 0 Å². The fourth-order valence-electron chi connectivity index (χ4n) is 1.56. The molecule has 5 heteroatoms. The quantitative estimate of drug-likeness (QED) is 0.750. The number of carbonyl (C=O) groups is 1. The van der Waals surface area contributed by atoms with Crippen LogP contribution in [0.1, 0.15) is 25.8 Å². The fraction of sp³-hybridized carbons (Fsp3) is 0.636. The van der Waals surface area contributed by atoms with Gasteiger partial charge in [0.2, 0.25) is 5.91 Å². The minimum absolute atomic E-state index is 0.148. The number of rotatable bonds is 6. The van der Waals surface area contributed by atoms with Gasteiger partial charge in [-0.2, -0.15) is 5.10 Å². The summed E-state index contributed by atoms with van der Waals surface area (Å²) in [6.07, 6.45) is 4.07. The summed E-state index contributed by atoms with van der Waals surface area (Å²) >= 11 is 0. The zero-order valence-corrected chi connectivity index (χ0v) is 10.2. The molecule has 1 aromatic rings. The summed E-state index contributed by atoms with van der Waals surface area (Å²) in [7, 11) is 1.81. The molecule has 0 spiro atoms. The van der Waals surface area contributed by atoms with E-state index in [1.807, 2.05) is 20.9 Å². The zero-order chi connectivity index (χ0) is 12.0. The monoisotopic (exact) mass is 224 g/mol. The van der Waals surface area contributed by atoms with Gasteiger partial charge in [-0.1, -0.05) is 6.92 Å². The number of hydrogen-bond donors (Lipinski definition) is 2. The summed E-state index contributed by atoms with van der Waals surface area (Å²) in [4.78, 5) is 13.5. The number of amides is 1. The average Bonchev–Trinajstić information content (AvgIpc) is 2.70. The third-order valence-electron chi connectivity index (χ3n) is 2.43. The summed E-state index contributed by atoms with van der Waals surface area (Å²) in [5.41, 5.74) is 1.02. The van der Waals surface area contributed by atoms with Crippen LogP contribution in [-0.4, -0.2) is 40.6 Å². The Hall–Kier alpha value is -1.36. The van der Waals surface area contributed by atoms with Crippen molar-refractivity contribution in [3.63, 3.8) is 0 Å². The first-order valence-corrected chi connectivity index (χ1v) is 5.58. The SMILES string of the molecule is CCNC(C)CC(=O)N(C)Cc1cn[nH]c1. The van der Waals surface area contributed by atoms with E-state index in [1.54, 1.807) is 17.3 Å². The molecular formula is C11H20N4O. The molecule has 1 unspecified atom stereocenters. The molecule has 0 aromatic carbocycles. The van der Waals surface area contributed by atoms with Gasteiger partial charge in [0.1, 0.15) is 0 Å². The molecule has 16 heavy (non-hydrogen) atoms. The average molecular weight is 224 g/mol. The molecule has 0 aliphatic rings. The van der Waals surface area contributed by atoms with Crippen molar-refractivity contribution >= 4 is 5.91 Å². The van der Waals surface area contributed by atoms with E-state index in [4.69, 9.17) is 0 Å². The highest BCUT2D eigenvalue weighted by Gasteiger charge is 2.13. The molecule has 1 heterocycles. The Morgan fingerprint density at radius 2 is 2.44 bits per heavy atom. The number of aromatic nitrogens is 2. The predicted octanol–water partition coefficient (Wildman–Crippen LogP) is 0.756. The zero-order valence-electron chi connectivity index (χ0n) is 10.2. The van der Waals surface area contributed by atoms with Gasteiger partial charge in [-0.15, -0.1) is 0 Å². The van der Waals surface area contributed by atoms with Gasteiger partial charge in [0, 0.05) is 37.8 Å². The Morgan fingerprint density at radius 1 is 1.69 bits per heavy atom. The number of nitrogens with one attached hydrogen (secondary N) is 2. The third-order valence-corrected chi connectivity index (χ3v) is 2.43. The van der Waals surface area contributed by atoms with Crippen LogP contribution in [0.4, 0.5) is 0 Å². The topological polar surface area (TPSA) is 61.0 Å². The van der Waals surface area contributed by atoms with Crippen molar-refractivity contribution in [2.75, 3.05) is 13.6 Å². The first-order chi connectivity index (χ1) is 7.63. The molecule has 90 valence electrons. The molecule has 0 saturated heterocycles. The van der Waals surface area contributed by atoms with E-state index in [0.717, 1.165) is 12.1 Å². The van der Waals surface area contributed by atoms with Crippen molar-refractivity contribution in [2.45, 2.75) is 32.9 Å². The number of aromatic amines is 1. The smallest absolute Gasteiger partial charge is 0.224 e. The fourth-order valence-corrected chi connectivity index (χ4v) is 1.56. The molecule has 0 aliphatic carbocycles. The van der Waals surface area contributed by atoms with E-state index >= 15 is 0 Å². The molecule has 1 atom stereocenters. The predicted molar refractivity (Wildman–Crippen MR) is 62.8 cm³/mol. The molecule has 0 saturated carbocycles. The summed E-state index contributed by atoms with van der Waals surface area (Å²) in [5.74, 6) is 0.148. The van der Waals surface area contributed by atoms with Crippen molar-refractivity contribution in [1.29, 1.82) is 0 Å². The van der Waals surface area contributed by atoms with Gasteiger partial charge in [0.15, 0.2) is 0 Å². The van der Waals surface area contributed by atoms with E-state index in [2.05, 4.69) is 15.5 Å². The molecule has 0 aliphatic heterocycles. The maximum Gasteiger partial charge on any atom is 0.224 e. The van der Waals surface area contributed by atoms with Crippen molar-refractivity contribution in [3.8, 4) is 0 Å². The summed E-state index contributed by atoms with van der Waals surface area (Å²) < 4.78 is 0. The second-order valence-electron chi connectivity index (χ2n) is 4.02. The van der Waals surface area contributed by atoms with Crippen molar-refractivity contribution in [3.05, 3.63) is 18.0 Å². The molecule has 1 aromatic heterocycles. The minimum Gasteiger partial charge on any atom is -0.341 e. The number of nitrogens with zero attached hydrogens (tertiary/aromatic N) is 2. The number of hydrogen-bond acceptors (Lipinski definition) is 3. The van der Waals surface area contributed by atoms with Gasteiger partial charge in [0.25, 0.3) is 0 Å². The van der Waals surface area contributed by atoms with E-state index in [1.165, 1.54) is 0 Å². The highest BCUT2D eigenvalue weighted by molar-refractivity contribution is 5.76. The van der Waals surface area contributed by atoms with Crippen LogP contribution < -0.4 is 5.32 Å². The highest BCUT2D eigenvalue weighted by Crippen LogP contribution is 2.03. The van der Waals surface area contributed by atoms with Crippen LogP contribution in [0.15, 0.2) is 12.4 Å². The molecule has 1 rings (SSSR count). The lowest BCUT2D eigenvalue weighted by atomic mass is 10.2.